The Balaban J connectivity index is 0.00000225. The third-order valence-corrected chi connectivity index (χ3v) is 4.73. The molecule has 1 aliphatic carbocycles. The van der Waals surface area contributed by atoms with E-state index in [4.69, 9.17) is 0 Å². The molecule has 1 unspecified atom stereocenters. The molecule has 2 aliphatic rings. The number of piperazine rings is 1. The summed E-state index contributed by atoms with van der Waals surface area (Å²) in [6.45, 7) is 2.48. The van der Waals surface area contributed by atoms with Crippen LogP contribution in [0.3, 0.4) is 0 Å². The van der Waals surface area contributed by atoms with Gasteiger partial charge in [-0.15, -0.1) is 12.4 Å². The third kappa shape index (κ3) is 4.86. The second kappa shape index (κ2) is 7.93. The smallest absolute Gasteiger partial charge is 0.392 e. The normalized spacial score (nSPS) is 20.1. The number of halogens is 4. The van der Waals surface area contributed by atoms with Gasteiger partial charge in [0.25, 0.3) is 5.91 Å². The zero-order chi connectivity index (χ0) is 17.3. The molecule has 0 bridgehead atoms. The Bertz CT molecular complexity index is 600. The standard InChI is InChI=1S/C17H21F3N2O2.ClH/c18-17(19,20)14-4-2-1-3-13(14)16(24)22-9-7-21(8-10-22)11-15(23)12-5-6-12;/h1-4,12,15,23H,5-11H2;1H. The van der Waals surface area contributed by atoms with Crippen LogP contribution in [-0.4, -0.2) is 59.6 Å². The largest absolute Gasteiger partial charge is 0.417 e. The van der Waals surface area contributed by atoms with E-state index in [1.807, 2.05) is 0 Å². The third-order valence-electron chi connectivity index (χ3n) is 4.73. The lowest BCUT2D eigenvalue weighted by atomic mass is 10.1. The molecule has 8 heteroatoms. The molecule has 0 radical (unpaired) electrons. The van der Waals surface area contributed by atoms with Crippen LogP contribution < -0.4 is 0 Å². The highest BCUT2D eigenvalue weighted by atomic mass is 35.5. The molecule has 4 nitrogen and oxygen atoms in total. The van der Waals surface area contributed by atoms with Crippen molar-refractivity contribution in [2.45, 2.75) is 25.1 Å². The summed E-state index contributed by atoms with van der Waals surface area (Å²) in [6, 6.07) is 4.91. The molecule has 1 heterocycles. The van der Waals surface area contributed by atoms with Gasteiger partial charge in [-0.3, -0.25) is 9.69 Å². The second-order valence-corrected chi connectivity index (χ2v) is 6.54. The van der Waals surface area contributed by atoms with Crippen LogP contribution in [0.15, 0.2) is 24.3 Å². The van der Waals surface area contributed by atoms with E-state index in [-0.39, 0.29) is 24.1 Å². The Morgan fingerprint density at radius 2 is 1.76 bits per heavy atom. The van der Waals surface area contributed by atoms with E-state index in [1.165, 1.54) is 23.1 Å². The minimum absolute atomic E-state index is 0. The molecular formula is C17H22ClF3N2O2. The van der Waals surface area contributed by atoms with Crippen molar-refractivity contribution in [2.24, 2.45) is 5.92 Å². The summed E-state index contributed by atoms with van der Waals surface area (Å²) < 4.78 is 39.2. The monoisotopic (exact) mass is 378 g/mol. The van der Waals surface area contributed by atoms with Crippen molar-refractivity contribution in [1.29, 1.82) is 0 Å². The van der Waals surface area contributed by atoms with Crippen molar-refractivity contribution in [3.8, 4) is 0 Å². The Morgan fingerprint density at radius 1 is 1.16 bits per heavy atom. The minimum atomic E-state index is -4.54. The highest BCUT2D eigenvalue weighted by Crippen LogP contribution is 2.33. The molecule has 1 saturated heterocycles. The van der Waals surface area contributed by atoms with Crippen LogP contribution in [0.1, 0.15) is 28.8 Å². The first-order valence-corrected chi connectivity index (χ1v) is 8.22. The molecule has 1 aliphatic heterocycles. The fraction of sp³-hybridized carbons (Fsp3) is 0.588. The summed E-state index contributed by atoms with van der Waals surface area (Å²) in [4.78, 5) is 16.0. The van der Waals surface area contributed by atoms with Gasteiger partial charge in [-0.1, -0.05) is 12.1 Å². The molecule has 0 spiro atoms. The molecule has 1 aromatic carbocycles. The van der Waals surface area contributed by atoms with Crippen LogP contribution >= 0.6 is 12.4 Å². The number of aliphatic hydroxyl groups excluding tert-OH is 1. The first-order chi connectivity index (χ1) is 11.4. The summed E-state index contributed by atoms with van der Waals surface area (Å²) in [6.07, 6.45) is -2.75. The highest BCUT2D eigenvalue weighted by molar-refractivity contribution is 5.96. The maximum atomic E-state index is 13.1. The molecule has 25 heavy (non-hydrogen) atoms. The van der Waals surface area contributed by atoms with Gasteiger partial charge in [-0.05, 0) is 30.9 Å². The van der Waals surface area contributed by atoms with E-state index in [0.717, 1.165) is 18.9 Å². The lowest BCUT2D eigenvalue weighted by molar-refractivity contribution is -0.138. The number of nitrogens with zero attached hydrogens (tertiary/aromatic N) is 2. The minimum Gasteiger partial charge on any atom is -0.392 e. The second-order valence-electron chi connectivity index (χ2n) is 6.54. The molecule has 1 N–H and O–H groups in total. The van der Waals surface area contributed by atoms with Crippen molar-refractivity contribution in [3.05, 3.63) is 35.4 Å². The number of hydrogen-bond donors (Lipinski definition) is 1. The van der Waals surface area contributed by atoms with Gasteiger partial charge in [0, 0.05) is 32.7 Å². The summed E-state index contributed by atoms with van der Waals surface area (Å²) >= 11 is 0. The lowest BCUT2D eigenvalue weighted by Gasteiger charge is -2.36. The molecule has 140 valence electrons. The van der Waals surface area contributed by atoms with Crippen molar-refractivity contribution < 1.29 is 23.1 Å². The van der Waals surface area contributed by atoms with Gasteiger partial charge in [0.15, 0.2) is 0 Å². The van der Waals surface area contributed by atoms with Crippen LogP contribution in [0.25, 0.3) is 0 Å². The van der Waals surface area contributed by atoms with Gasteiger partial charge in [0.2, 0.25) is 0 Å². The van der Waals surface area contributed by atoms with E-state index < -0.39 is 17.6 Å². The first-order valence-electron chi connectivity index (χ1n) is 8.22. The zero-order valence-electron chi connectivity index (χ0n) is 13.7. The molecule has 1 saturated carbocycles. The average Bonchev–Trinajstić information content (AvgIpc) is 3.39. The summed E-state index contributed by atoms with van der Waals surface area (Å²) in [5.41, 5.74) is -1.18. The number of aliphatic hydroxyl groups is 1. The molecule has 2 fully saturated rings. The van der Waals surface area contributed by atoms with Gasteiger partial charge in [0.1, 0.15) is 0 Å². The van der Waals surface area contributed by atoms with Gasteiger partial charge in [0.05, 0.1) is 17.2 Å². The number of carbonyl (C=O) groups is 1. The van der Waals surface area contributed by atoms with Gasteiger partial charge < -0.3 is 10.0 Å². The Morgan fingerprint density at radius 3 is 2.32 bits per heavy atom. The number of rotatable bonds is 4. The van der Waals surface area contributed by atoms with E-state index >= 15 is 0 Å². The molecule has 3 rings (SSSR count). The predicted octanol–water partition coefficient (Wildman–Crippen LogP) is 2.66. The van der Waals surface area contributed by atoms with Crippen LogP contribution in [0.2, 0.25) is 0 Å². The van der Waals surface area contributed by atoms with Gasteiger partial charge >= 0.3 is 6.18 Å². The number of alkyl halides is 3. The molecule has 1 atom stereocenters. The Kier molecular flexibility index (Phi) is 6.35. The molecule has 0 aromatic heterocycles. The summed E-state index contributed by atoms with van der Waals surface area (Å²) in [7, 11) is 0. The average molecular weight is 379 g/mol. The van der Waals surface area contributed by atoms with Crippen LogP contribution in [0.4, 0.5) is 13.2 Å². The van der Waals surface area contributed by atoms with Crippen LogP contribution in [-0.2, 0) is 6.18 Å². The van der Waals surface area contributed by atoms with Crippen molar-refractivity contribution in [1.82, 2.24) is 9.80 Å². The summed E-state index contributed by atoms with van der Waals surface area (Å²) in [5, 5.41) is 9.97. The van der Waals surface area contributed by atoms with E-state index in [9.17, 15) is 23.1 Å². The van der Waals surface area contributed by atoms with E-state index in [1.54, 1.807) is 0 Å². The SMILES string of the molecule is Cl.O=C(c1ccccc1C(F)(F)F)N1CCN(CC(O)C2CC2)CC1. The van der Waals surface area contributed by atoms with Crippen LogP contribution in [0.5, 0.6) is 0 Å². The first kappa shape index (κ1) is 20.0. The van der Waals surface area contributed by atoms with Gasteiger partial charge in [-0.2, -0.15) is 13.2 Å². The quantitative estimate of drug-likeness (QED) is 0.876. The molecule has 1 amide bonds. The number of hydrogen-bond acceptors (Lipinski definition) is 3. The van der Waals surface area contributed by atoms with E-state index in [0.29, 0.717) is 38.6 Å². The maximum absolute atomic E-state index is 13.1. The predicted molar refractivity (Wildman–Crippen MR) is 89.8 cm³/mol. The molecule has 1 aromatic rings. The van der Waals surface area contributed by atoms with Crippen molar-refractivity contribution >= 4 is 18.3 Å². The van der Waals surface area contributed by atoms with E-state index in [2.05, 4.69) is 4.90 Å². The number of benzene rings is 1. The number of β-amino-alcohol motifs (C(OH)–C–C–N with tert-alkyl or cyclic N) is 1. The Hall–Kier alpha value is -1.31. The number of carbonyl (C=O) groups excluding carboxylic acids is 1. The lowest BCUT2D eigenvalue weighted by Crippen LogP contribution is -2.50. The maximum Gasteiger partial charge on any atom is 0.417 e. The van der Waals surface area contributed by atoms with Crippen LogP contribution in [0, 0.1) is 5.92 Å². The fourth-order valence-electron chi connectivity index (χ4n) is 3.12. The van der Waals surface area contributed by atoms with Crippen molar-refractivity contribution in [3.63, 3.8) is 0 Å². The zero-order valence-corrected chi connectivity index (χ0v) is 14.5. The summed E-state index contributed by atoms with van der Waals surface area (Å²) in [5.74, 6) is -0.186. The fourth-order valence-corrected chi connectivity index (χ4v) is 3.12. The topological polar surface area (TPSA) is 43.8 Å². The molecular weight excluding hydrogens is 357 g/mol. The highest BCUT2D eigenvalue weighted by Gasteiger charge is 2.37. The van der Waals surface area contributed by atoms with Gasteiger partial charge in [-0.25, -0.2) is 0 Å². The van der Waals surface area contributed by atoms with Crippen molar-refractivity contribution in [2.75, 3.05) is 32.7 Å². The Labute approximate surface area is 151 Å². The number of amides is 1.